The van der Waals surface area contributed by atoms with Crippen LogP contribution in [0.2, 0.25) is 0 Å². The molecule has 2 heterocycles. The van der Waals surface area contributed by atoms with E-state index in [9.17, 15) is 15.0 Å². The molecule has 4 N–H and O–H groups in total. The van der Waals surface area contributed by atoms with Crippen molar-refractivity contribution in [3.8, 4) is 12.3 Å². The van der Waals surface area contributed by atoms with Gasteiger partial charge in [0.05, 0.1) is 6.10 Å². The molecule has 2 rings (SSSR count). The average Bonchev–Trinajstić information content (AvgIpc) is 2.64. The Hall–Kier alpha value is -1.66. The van der Waals surface area contributed by atoms with Gasteiger partial charge in [0.2, 0.25) is 5.95 Å². The number of halogens is 1. The second kappa shape index (κ2) is 5.03. The summed E-state index contributed by atoms with van der Waals surface area (Å²) in [7, 11) is 0. The molecule has 0 aromatic carbocycles. The van der Waals surface area contributed by atoms with Gasteiger partial charge >= 0.3 is 5.69 Å². The molecule has 1 aliphatic rings. The molecule has 9 heteroatoms. The number of aliphatic hydroxyl groups is 2. The average molecular weight is 301 g/mol. The summed E-state index contributed by atoms with van der Waals surface area (Å²) in [5.41, 5.74) is 4.51. The molecule has 5 atom stereocenters. The molecule has 20 heavy (non-hydrogen) atoms. The van der Waals surface area contributed by atoms with Gasteiger partial charge in [0, 0.05) is 0 Å². The number of hydrogen-bond acceptors (Lipinski definition) is 7. The second-order valence-electron chi connectivity index (χ2n) is 4.46. The quantitative estimate of drug-likeness (QED) is 0.447. The fourth-order valence-corrected chi connectivity index (χ4v) is 2.31. The zero-order valence-electron chi connectivity index (χ0n) is 10.5. The van der Waals surface area contributed by atoms with Crippen LogP contribution in [0.1, 0.15) is 13.2 Å². The summed E-state index contributed by atoms with van der Waals surface area (Å²) in [6.45, 7) is 1.41. The van der Waals surface area contributed by atoms with Crippen molar-refractivity contribution in [1.82, 2.24) is 14.5 Å². The Morgan fingerprint density at radius 2 is 2.40 bits per heavy atom. The number of aromatic nitrogens is 3. The maximum atomic E-state index is 11.8. The third kappa shape index (κ3) is 2.14. The molecule has 1 aliphatic heterocycles. The maximum absolute atomic E-state index is 11.8. The van der Waals surface area contributed by atoms with Crippen LogP contribution in [0.5, 0.6) is 0 Å². The number of nitrogens with two attached hydrogens (primary N) is 1. The van der Waals surface area contributed by atoms with Crippen LogP contribution < -0.4 is 11.4 Å². The van der Waals surface area contributed by atoms with E-state index < -0.39 is 35.1 Å². The predicted octanol–water partition coefficient (Wildman–Crippen LogP) is -1.53. The van der Waals surface area contributed by atoms with E-state index in [1.165, 1.54) is 6.92 Å². The Morgan fingerprint density at radius 3 is 2.90 bits per heavy atom. The molecule has 0 radical (unpaired) electrons. The number of alkyl halides is 1. The van der Waals surface area contributed by atoms with Crippen molar-refractivity contribution in [3.05, 3.63) is 16.8 Å². The van der Waals surface area contributed by atoms with Gasteiger partial charge in [-0.05, 0) is 6.92 Å². The van der Waals surface area contributed by atoms with Crippen LogP contribution in [0, 0.1) is 12.3 Å². The fraction of sp³-hybridized carbons (Fsp3) is 0.545. The van der Waals surface area contributed by atoms with Gasteiger partial charge in [0.15, 0.2) is 11.1 Å². The first-order valence-electron chi connectivity index (χ1n) is 5.70. The summed E-state index contributed by atoms with van der Waals surface area (Å²) in [6, 6.07) is 0. The molecule has 0 spiro atoms. The largest absolute Gasteiger partial charge is 0.391 e. The maximum Gasteiger partial charge on any atom is 0.354 e. The third-order valence-electron chi connectivity index (χ3n) is 3.08. The molecule has 0 bridgehead atoms. The first-order chi connectivity index (χ1) is 9.31. The standard InChI is InChI=1S/C11H13ClN4O4/c1-3-11(12)7(18)6(5(2)17)20-8(11)16-4-14-9(13)15-10(16)19/h1,4-8,17-18H,2H3,(H2,13,15,19)/t5-,6+,7?,8+,11?/m0/s1. The van der Waals surface area contributed by atoms with E-state index in [0.717, 1.165) is 10.9 Å². The lowest BCUT2D eigenvalue weighted by Crippen LogP contribution is -2.44. The molecule has 1 aromatic rings. The number of aliphatic hydroxyl groups excluding tert-OH is 2. The molecular formula is C11H13ClN4O4. The summed E-state index contributed by atoms with van der Waals surface area (Å²) in [6.07, 6.45) is 1.74. The Morgan fingerprint density at radius 1 is 1.75 bits per heavy atom. The van der Waals surface area contributed by atoms with Crippen LogP contribution in [0.4, 0.5) is 5.95 Å². The Balaban J connectivity index is 2.50. The minimum absolute atomic E-state index is 0.210. The fourth-order valence-electron chi connectivity index (χ4n) is 2.03. The van der Waals surface area contributed by atoms with Crippen molar-refractivity contribution < 1.29 is 14.9 Å². The second-order valence-corrected chi connectivity index (χ2v) is 5.08. The number of nitrogens with zero attached hydrogens (tertiary/aromatic N) is 3. The predicted molar refractivity (Wildman–Crippen MR) is 69.7 cm³/mol. The van der Waals surface area contributed by atoms with Crippen LogP contribution >= 0.6 is 11.6 Å². The van der Waals surface area contributed by atoms with Gasteiger partial charge in [-0.2, -0.15) is 4.98 Å². The SMILES string of the molecule is C#CC1(Cl)C(O)[C@@H]([C@H](C)O)O[C@H]1n1cnc(N)nc1=O. The number of hydrogen-bond donors (Lipinski definition) is 3. The van der Waals surface area contributed by atoms with E-state index >= 15 is 0 Å². The Kier molecular flexibility index (Phi) is 3.71. The van der Waals surface area contributed by atoms with Crippen molar-refractivity contribution in [2.24, 2.45) is 0 Å². The molecule has 1 saturated heterocycles. The zero-order chi connectivity index (χ0) is 15.1. The molecule has 0 saturated carbocycles. The van der Waals surface area contributed by atoms with E-state index in [2.05, 4.69) is 15.9 Å². The van der Waals surface area contributed by atoms with Gasteiger partial charge in [-0.15, -0.1) is 6.42 Å². The van der Waals surface area contributed by atoms with E-state index in [4.69, 9.17) is 28.5 Å². The third-order valence-corrected chi connectivity index (χ3v) is 3.60. The smallest absolute Gasteiger partial charge is 0.354 e. The van der Waals surface area contributed by atoms with E-state index in [-0.39, 0.29) is 5.95 Å². The molecule has 0 aliphatic carbocycles. The van der Waals surface area contributed by atoms with Crippen molar-refractivity contribution >= 4 is 17.5 Å². The summed E-state index contributed by atoms with van der Waals surface area (Å²) in [5, 5.41) is 19.7. The van der Waals surface area contributed by atoms with Gasteiger partial charge < -0.3 is 20.7 Å². The van der Waals surface area contributed by atoms with E-state index in [1.54, 1.807) is 0 Å². The first-order valence-corrected chi connectivity index (χ1v) is 6.08. The number of nitrogen functional groups attached to an aromatic ring is 1. The van der Waals surface area contributed by atoms with Crippen molar-refractivity contribution in [1.29, 1.82) is 0 Å². The summed E-state index contributed by atoms with van der Waals surface area (Å²) >= 11 is 6.19. The number of ether oxygens (including phenoxy) is 1. The zero-order valence-corrected chi connectivity index (χ0v) is 11.2. The molecule has 8 nitrogen and oxygen atoms in total. The lowest BCUT2D eigenvalue weighted by molar-refractivity contribution is -0.0775. The highest BCUT2D eigenvalue weighted by Crippen LogP contribution is 2.43. The van der Waals surface area contributed by atoms with Crippen LogP contribution in [0.3, 0.4) is 0 Å². The highest BCUT2D eigenvalue weighted by molar-refractivity contribution is 6.27. The normalized spacial score (nSPS) is 34.6. The summed E-state index contributed by atoms with van der Waals surface area (Å²) in [5.74, 6) is 1.99. The van der Waals surface area contributed by atoms with Crippen LogP contribution in [-0.2, 0) is 4.74 Å². The van der Waals surface area contributed by atoms with Gasteiger partial charge in [-0.3, -0.25) is 4.57 Å². The Bertz CT molecular complexity index is 613. The van der Waals surface area contributed by atoms with Gasteiger partial charge in [-0.25, -0.2) is 9.78 Å². The van der Waals surface area contributed by atoms with Crippen molar-refractivity contribution in [2.75, 3.05) is 5.73 Å². The molecule has 108 valence electrons. The molecule has 1 aromatic heterocycles. The first kappa shape index (κ1) is 14.7. The van der Waals surface area contributed by atoms with Gasteiger partial charge in [-0.1, -0.05) is 17.5 Å². The summed E-state index contributed by atoms with van der Waals surface area (Å²) in [4.78, 5) is 17.2. The van der Waals surface area contributed by atoms with Crippen molar-refractivity contribution in [2.45, 2.75) is 36.3 Å². The molecule has 1 fully saturated rings. The summed E-state index contributed by atoms with van der Waals surface area (Å²) < 4.78 is 6.34. The molecule has 0 amide bonds. The van der Waals surface area contributed by atoms with E-state index in [1.807, 2.05) is 0 Å². The highest BCUT2D eigenvalue weighted by Gasteiger charge is 2.57. The van der Waals surface area contributed by atoms with Crippen LogP contribution in [0.15, 0.2) is 11.1 Å². The van der Waals surface area contributed by atoms with Crippen LogP contribution in [0.25, 0.3) is 0 Å². The monoisotopic (exact) mass is 300 g/mol. The van der Waals surface area contributed by atoms with Crippen LogP contribution in [-0.4, -0.2) is 47.9 Å². The highest BCUT2D eigenvalue weighted by atomic mass is 35.5. The molecular weight excluding hydrogens is 288 g/mol. The van der Waals surface area contributed by atoms with E-state index in [0.29, 0.717) is 0 Å². The van der Waals surface area contributed by atoms with Gasteiger partial charge in [0.1, 0.15) is 18.5 Å². The Labute approximate surface area is 119 Å². The minimum atomic E-state index is -1.73. The number of terminal acetylenes is 1. The number of anilines is 1. The topological polar surface area (TPSA) is 123 Å². The lowest BCUT2D eigenvalue weighted by Gasteiger charge is -2.25. The molecule has 2 unspecified atom stereocenters. The minimum Gasteiger partial charge on any atom is -0.391 e. The van der Waals surface area contributed by atoms with Crippen molar-refractivity contribution in [3.63, 3.8) is 0 Å². The number of rotatable bonds is 2. The van der Waals surface area contributed by atoms with Gasteiger partial charge in [0.25, 0.3) is 0 Å². The lowest BCUT2D eigenvalue weighted by atomic mass is 9.97.